The molecule has 4 aromatic rings. The van der Waals surface area contributed by atoms with Crippen LogP contribution < -0.4 is 19.5 Å². The number of fused-ring (bicyclic) bond motifs is 1. The van der Waals surface area contributed by atoms with Crippen LogP contribution in [0, 0.1) is 0 Å². The van der Waals surface area contributed by atoms with Gasteiger partial charge in [0.25, 0.3) is 0 Å². The van der Waals surface area contributed by atoms with E-state index in [1.807, 2.05) is 48.5 Å². The molecule has 0 aliphatic rings. The van der Waals surface area contributed by atoms with E-state index in [-0.39, 0.29) is 0 Å². The zero-order chi connectivity index (χ0) is 19.5. The highest BCUT2D eigenvalue weighted by atomic mass is 16.5. The summed E-state index contributed by atoms with van der Waals surface area (Å²) in [5.74, 6) is 3.07. The number of aromatic nitrogens is 3. The number of nitrogens with one attached hydrogen (secondary N) is 2. The quantitative estimate of drug-likeness (QED) is 0.519. The van der Waals surface area contributed by atoms with E-state index >= 15 is 0 Å². The number of rotatable bonds is 6. The fraction of sp³-hybridized carbons (Fsp3) is 0.143. The van der Waals surface area contributed by atoms with E-state index in [1.54, 1.807) is 27.5 Å². The van der Waals surface area contributed by atoms with E-state index in [2.05, 4.69) is 15.3 Å². The van der Waals surface area contributed by atoms with E-state index < -0.39 is 0 Å². The van der Waals surface area contributed by atoms with Gasteiger partial charge in [-0.1, -0.05) is 30.3 Å². The van der Waals surface area contributed by atoms with Crippen molar-refractivity contribution in [2.75, 3.05) is 26.6 Å². The maximum absolute atomic E-state index is 5.42. The first kappa shape index (κ1) is 17.7. The number of pyridine rings is 1. The largest absolute Gasteiger partial charge is 0.493 e. The number of hydrogen-bond acceptors (Lipinski definition) is 6. The topological polar surface area (TPSA) is 81.3 Å². The smallest absolute Gasteiger partial charge is 0.203 e. The molecule has 0 unspecified atom stereocenters. The first-order valence-electron chi connectivity index (χ1n) is 8.70. The van der Waals surface area contributed by atoms with Gasteiger partial charge in [0.1, 0.15) is 11.3 Å². The van der Waals surface area contributed by atoms with Crippen molar-refractivity contribution in [3.05, 3.63) is 54.7 Å². The summed E-state index contributed by atoms with van der Waals surface area (Å²) in [5, 5.41) is 3.30. The lowest BCUT2D eigenvalue weighted by atomic mass is 10.2. The Balaban J connectivity index is 1.75. The molecular weight excluding hydrogens is 356 g/mol. The second-order valence-corrected chi connectivity index (χ2v) is 6.05. The van der Waals surface area contributed by atoms with Gasteiger partial charge in [-0.2, -0.15) is 0 Å². The summed E-state index contributed by atoms with van der Waals surface area (Å²) in [4.78, 5) is 12.5. The lowest BCUT2D eigenvalue weighted by Crippen LogP contribution is -1.99. The van der Waals surface area contributed by atoms with Gasteiger partial charge < -0.3 is 24.5 Å². The standard InChI is InChI=1S/C21H20N4O3/c1-26-16-11-14(12-17(27-2)19(16)28-3)23-21-18-15(9-10-22-21)24-20(25-18)13-7-5-4-6-8-13/h4-12H,1-3H3,(H,22,23)(H,24,25). The van der Waals surface area contributed by atoms with Gasteiger partial charge in [-0.15, -0.1) is 0 Å². The molecule has 2 aromatic carbocycles. The van der Waals surface area contributed by atoms with E-state index in [4.69, 9.17) is 19.2 Å². The van der Waals surface area contributed by atoms with Crippen molar-refractivity contribution in [3.8, 4) is 28.6 Å². The van der Waals surface area contributed by atoms with Crippen LogP contribution >= 0.6 is 0 Å². The van der Waals surface area contributed by atoms with Crippen molar-refractivity contribution in [3.63, 3.8) is 0 Å². The number of hydrogen-bond donors (Lipinski definition) is 2. The number of H-pyrrole nitrogens is 1. The molecule has 0 radical (unpaired) electrons. The molecule has 7 nitrogen and oxygen atoms in total. The molecule has 0 saturated heterocycles. The first-order chi connectivity index (χ1) is 13.7. The third-order valence-corrected chi connectivity index (χ3v) is 4.38. The number of nitrogens with zero attached hydrogens (tertiary/aromatic N) is 2. The summed E-state index contributed by atoms with van der Waals surface area (Å²) < 4.78 is 16.2. The minimum Gasteiger partial charge on any atom is -0.493 e. The highest BCUT2D eigenvalue weighted by molar-refractivity contribution is 5.90. The molecule has 7 heteroatoms. The van der Waals surface area contributed by atoms with Crippen molar-refractivity contribution in [2.45, 2.75) is 0 Å². The van der Waals surface area contributed by atoms with Gasteiger partial charge in [-0.25, -0.2) is 9.97 Å². The highest BCUT2D eigenvalue weighted by Crippen LogP contribution is 2.40. The number of ether oxygens (including phenoxy) is 3. The van der Waals surface area contributed by atoms with Crippen molar-refractivity contribution < 1.29 is 14.2 Å². The molecule has 2 aromatic heterocycles. The molecule has 0 saturated carbocycles. The monoisotopic (exact) mass is 376 g/mol. The van der Waals surface area contributed by atoms with Gasteiger partial charge in [0.05, 0.1) is 26.8 Å². The average molecular weight is 376 g/mol. The van der Waals surface area contributed by atoms with Crippen molar-refractivity contribution in [1.29, 1.82) is 0 Å². The van der Waals surface area contributed by atoms with Crippen molar-refractivity contribution in [2.24, 2.45) is 0 Å². The Hall–Kier alpha value is -3.74. The number of methoxy groups -OCH3 is 3. The minimum atomic E-state index is 0.535. The fourth-order valence-corrected chi connectivity index (χ4v) is 3.05. The predicted molar refractivity (Wildman–Crippen MR) is 109 cm³/mol. The van der Waals surface area contributed by atoms with Crippen LogP contribution in [0.4, 0.5) is 11.5 Å². The zero-order valence-corrected chi connectivity index (χ0v) is 15.8. The van der Waals surface area contributed by atoms with Gasteiger partial charge in [-0.3, -0.25) is 0 Å². The number of imidazole rings is 1. The van der Waals surface area contributed by atoms with Crippen molar-refractivity contribution in [1.82, 2.24) is 15.0 Å². The van der Waals surface area contributed by atoms with Crippen molar-refractivity contribution >= 4 is 22.5 Å². The highest BCUT2D eigenvalue weighted by Gasteiger charge is 2.15. The minimum absolute atomic E-state index is 0.535. The first-order valence-corrected chi connectivity index (χ1v) is 8.70. The van der Waals surface area contributed by atoms with Gasteiger partial charge in [0.2, 0.25) is 5.75 Å². The molecule has 0 bridgehead atoms. The molecule has 0 fully saturated rings. The molecule has 0 aliphatic carbocycles. The number of benzene rings is 2. The van der Waals surface area contributed by atoms with Crippen LogP contribution in [0.2, 0.25) is 0 Å². The van der Waals surface area contributed by atoms with Gasteiger partial charge in [0, 0.05) is 29.6 Å². The summed E-state index contributed by atoms with van der Waals surface area (Å²) in [5.41, 5.74) is 3.40. The molecule has 4 rings (SSSR count). The second kappa shape index (κ2) is 7.48. The molecule has 2 heterocycles. The Kier molecular flexibility index (Phi) is 4.72. The molecule has 0 spiro atoms. The second-order valence-electron chi connectivity index (χ2n) is 6.05. The van der Waals surface area contributed by atoms with Crippen LogP contribution in [0.3, 0.4) is 0 Å². The SMILES string of the molecule is COc1cc(Nc2nccc3[nH]c(-c4ccccc4)nc23)cc(OC)c1OC. The van der Waals surface area contributed by atoms with E-state index in [0.29, 0.717) is 23.1 Å². The summed E-state index contributed by atoms with van der Waals surface area (Å²) in [6, 6.07) is 15.5. The van der Waals surface area contributed by atoms with Crippen LogP contribution in [0.25, 0.3) is 22.4 Å². The number of anilines is 2. The summed E-state index contributed by atoms with van der Waals surface area (Å²) >= 11 is 0. The Morgan fingerprint density at radius 3 is 2.25 bits per heavy atom. The Bertz CT molecular complexity index is 1080. The van der Waals surface area contributed by atoms with E-state index in [0.717, 1.165) is 28.1 Å². The van der Waals surface area contributed by atoms with Gasteiger partial charge in [-0.05, 0) is 6.07 Å². The molecule has 2 N–H and O–H groups in total. The Morgan fingerprint density at radius 2 is 1.61 bits per heavy atom. The molecule has 0 aliphatic heterocycles. The average Bonchev–Trinajstić information content (AvgIpc) is 3.19. The Labute approximate surface area is 162 Å². The molecule has 142 valence electrons. The maximum atomic E-state index is 5.42. The van der Waals surface area contributed by atoms with E-state index in [9.17, 15) is 0 Å². The van der Waals surface area contributed by atoms with Crippen LogP contribution in [0.5, 0.6) is 17.2 Å². The molecule has 0 atom stereocenters. The number of aromatic amines is 1. The van der Waals surface area contributed by atoms with E-state index in [1.165, 1.54) is 0 Å². The van der Waals surface area contributed by atoms with Crippen LogP contribution in [-0.4, -0.2) is 36.3 Å². The summed E-state index contributed by atoms with van der Waals surface area (Å²) in [6.45, 7) is 0. The van der Waals surface area contributed by atoms with Crippen LogP contribution in [0.1, 0.15) is 0 Å². The van der Waals surface area contributed by atoms with Crippen LogP contribution in [0.15, 0.2) is 54.7 Å². The van der Waals surface area contributed by atoms with Gasteiger partial charge in [0.15, 0.2) is 17.3 Å². The third-order valence-electron chi connectivity index (χ3n) is 4.38. The molecule has 0 amide bonds. The lowest BCUT2D eigenvalue weighted by molar-refractivity contribution is 0.324. The van der Waals surface area contributed by atoms with Crippen LogP contribution in [-0.2, 0) is 0 Å². The fourth-order valence-electron chi connectivity index (χ4n) is 3.05. The summed E-state index contributed by atoms with van der Waals surface area (Å²) in [6.07, 6.45) is 1.73. The summed E-state index contributed by atoms with van der Waals surface area (Å²) in [7, 11) is 4.74. The maximum Gasteiger partial charge on any atom is 0.203 e. The lowest BCUT2D eigenvalue weighted by Gasteiger charge is -2.15. The molecular formula is C21H20N4O3. The zero-order valence-electron chi connectivity index (χ0n) is 15.8. The van der Waals surface area contributed by atoms with Gasteiger partial charge >= 0.3 is 0 Å². The molecule has 28 heavy (non-hydrogen) atoms. The Morgan fingerprint density at radius 1 is 0.893 bits per heavy atom. The normalized spacial score (nSPS) is 10.7. The third kappa shape index (κ3) is 3.18. The predicted octanol–water partition coefficient (Wildman–Crippen LogP) is 4.39.